The van der Waals surface area contributed by atoms with Gasteiger partial charge in [-0.1, -0.05) is 0 Å². The van der Waals surface area contributed by atoms with Crippen molar-refractivity contribution in [2.24, 2.45) is 11.8 Å². The molecular weight excluding hydrogens is 476 g/mol. The number of hydrogen-bond donors (Lipinski definition) is 10. The number of aliphatic hydroxyl groups excluding tert-OH is 10. The first-order valence-electron chi connectivity index (χ1n) is 11.7. The molecule has 0 unspecified atom stereocenters. The van der Waals surface area contributed by atoms with Crippen molar-refractivity contribution in [2.45, 2.75) is 92.4 Å². The summed E-state index contributed by atoms with van der Waals surface area (Å²) in [5, 5.41) is 101. The number of hydrogen-bond acceptors (Lipinski definition) is 14. The van der Waals surface area contributed by atoms with E-state index in [0.29, 0.717) is 0 Å². The average Bonchev–Trinajstić information content (AvgIpc) is 2.85. The van der Waals surface area contributed by atoms with Crippen molar-refractivity contribution >= 4 is 0 Å². The maximum Gasteiger partial charge on any atom is 0.186 e. The van der Waals surface area contributed by atoms with E-state index >= 15 is 0 Å². The van der Waals surface area contributed by atoms with Crippen LogP contribution >= 0.6 is 0 Å². The van der Waals surface area contributed by atoms with Crippen LogP contribution in [0, 0.1) is 11.8 Å². The molecule has 1 saturated heterocycles. The second kappa shape index (κ2) is 12.3. The molecule has 2 saturated carbocycles. The highest BCUT2D eigenvalue weighted by Crippen LogP contribution is 2.33. The molecule has 1 aliphatic heterocycles. The standard InChI is InChI=1S/C21H38O14/c1-32-21-19(31)20(34-10-3-8(5-23)13(25)18(30)15(10)27)16(28)11(35-21)6-33-9-2-7(4-22)12(24)17(29)14(9)26/h7-31H,2-6H2,1H3/t7-,8-,9+,10+,11-,12-,13-,14-,15-,16-,17+,18+,19+,20+,21+/m1/s1. The van der Waals surface area contributed by atoms with Crippen LogP contribution in [0.25, 0.3) is 0 Å². The number of rotatable bonds is 8. The summed E-state index contributed by atoms with van der Waals surface area (Å²) in [4.78, 5) is 0. The second-order valence-corrected chi connectivity index (χ2v) is 9.57. The summed E-state index contributed by atoms with van der Waals surface area (Å²) >= 11 is 0. The lowest BCUT2D eigenvalue weighted by Gasteiger charge is -2.46. The van der Waals surface area contributed by atoms with Crippen molar-refractivity contribution in [3.05, 3.63) is 0 Å². The molecular formula is C21H38O14. The molecule has 2 aliphatic carbocycles. The Labute approximate surface area is 201 Å². The molecule has 0 aromatic rings. The maximum absolute atomic E-state index is 10.9. The minimum Gasteiger partial charge on any atom is -0.396 e. The highest BCUT2D eigenvalue weighted by atomic mass is 16.7. The molecule has 0 aromatic heterocycles. The summed E-state index contributed by atoms with van der Waals surface area (Å²) in [6.45, 7) is -1.29. The van der Waals surface area contributed by atoms with E-state index in [4.69, 9.17) is 18.9 Å². The monoisotopic (exact) mass is 514 g/mol. The van der Waals surface area contributed by atoms with Gasteiger partial charge in [0.05, 0.1) is 31.0 Å². The molecule has 3 fully saturated rings. The minimum absolute atomic E-state index is 0.0198. The van der Waals surface area contributed by atoms with Crippen molar-refractivity contribution in [3.63, 3.8) is 0 Å². The largest absolute Gasteiger partial charge is 0.396 e. The fraction of sp³-hybridized carbons (Fsp3) is 1.00. The SMILES string of the molecule is CO[C@H]1O[C@H](CO[C@H]2C[C@H](CO)[C@@H](O)[C@H](O)[C@@H]2O)[C@@H](O)[C@H](O[C@H]2C[C@H](CO)[C@@H](O)[C@H](O)[C@@H]2O)[C@@H]1O. The van der Waals surface area contributed by atoms with Gasteiger partial charge in [-0.05, 0) is 12.8 Å². The van der Waals surface area contributed by atoms with Gasteiger partial charge in [-0.25, -0.2) is 0 Å². The van der Waals surface area contributed by atoms with Crippen molar-refractivity contribution in [1.82, 2.24) is 0 Å². The molecule has 10 N–H and O–H groups in total. The Morgan fingerprint density at radius 3 is 1.69 bits per heavy atom. The zero-order valence-corrected chi connectivity index (χ0v) is 19.3. The van der Waals surface area contributed by atoms with E-state index in [9.17, 15) is 51.1 Å². The Morgan fingerprint density at radius 1 is 0.657 bits per heavy atom. The number of methoxy groups -OCH3 is 1. The topological polar surface area (TPSA) is 239 Å². The van der Waals surface area contributed by atoms with Crippen molar-refractivity contribution in [2.75, 3.05) is 26.9 Å². The summed E-state index contributed by atoms with van der Waals surface area (Å²) in [6.07, 6.45) is -18.0. The maximum atomic E-state index is 10.9. The zero-order valence-electron chi connectivity index (χ0n) is 19.3. The molecule has 0 aromatic carbocycles. The summed E-state index contributed by atoms with van der Waals surface area (Å²) in [5.41, 5.74) is 0. The average molecular weight is 515 g/mol. The van der Waals surface area contributed by atoms with Crippen LogP contribution in [0.3, 0.4) is 0 Å². The highest BCUT2D eigenvalue weighted by molar-refractivity contribution is 4.98. The van der Waals surface area contributed by atoms with Gasteiger partial charge >= 0.3 is 0 Å². The first-order chi connectivity index (χ1) is 16.5. The fourth-order valence-corrected chi connectivity index (χ4v) is 5.04. The van der Waals surface area contributed by atoms with Gasteiger partial charge in [0.2, 0.25) is 0 Å². The lowest BCUT2D eigenvalue weighted by Crippen LogP contribution is -2.63. The smallest absolute Gasteiger partial charge is 0.186 e. The number of aliphatic hydroxyl groups is 10. The third-order valence-corrected chi connectivity index (χ3v) is 7.35. The van der Waals surface area contributed by atoms with Gasteiger partial charge in [0.1, 0.15) is 48.8 Å². The van der Waals surface area contributed by atoms with Crippen LogP contribution in [0.4, 0.5) is 0 Å². The van der Waals surface area contributed by atoms with Gasteiger partial charge in [-0.3, -0.25) is 0 Å². The third kappa shape index (κ3) is 5.97. The molecule has 3 aliphatic rings. The van der Waals surface area contributed by atoms with Crippen LogP contribution in [0.1, 0.15) is 12.8 Å². The molecule has 0 bridgehead atoms. The van der Waals surface area contributed by atoms with Crippen molar-refractivity contribution in [3.8, 4) is 0 Å². The van der Waals surface area contributed by atoms with Crippen LogP contribution in [0.5, 0.6) is 0 Å². The second-order valence-electron chi connectivity index (χ2n) is 9.57. The van der Waals surface area contributed by atoms with E-state index in [1.807, 2.05) is 0 Å². The fourth-order valence-electron chi connectivity index (χ4n) is 5.04. The Morgan fingerprint density at radius 2 is 1.17 bits per heavy atom. The summed E-state index contributed by atoms with van der Waals surface area (Å²) < 4.78 is 22.1. The third-order valence-electron chi connectivity index (χ3n) is 7.35. The molecule has 0 radical (unpaired) electrons. The van der Waals surface area contributed by atoms with Gasteiger partial charge in [0, 0.05) is 32.2 Å². The van der Waals surface area contributed by atoms with Crippen LogP contribution < -0.4 is 0 Å². The lowest BCUT2D eigenvalue weighted by molar-refractivity contribution is -0.320. The molecule has 35 heavy (non-hydrogen) atoms. The normalized spacial score (nSPS) is 51.3. The van der Waals surface area contributed by atoms with Crippen LogP contribution in [-0.2, 0) is 18.9 Å². The van der Waals surface area contributed by atoms with Crippen LogP contribution in [-0.4, -0.2) is 158 Å². The molecule has 0 amide bonds. The van der Waals surface area contributed by atoms with E-state index in [2.05, 4.69) is 0 Å². The van der Waals surface area contributed by atoms with E-state index in [1.54, 1.807) is 0 Å². The van der Waals surface area contributed by atoms with Gasteiger partial charge in [0.15, 0.2) is 6.29 Å². The molecule has 14 heteroatoms. The lowest BCUT2D eigenvalue weighted by atomic mass is 9.81. The Bertz CT molecular complexity index is 652. The van der Waals surface area contributed by atoms with Gasteiger partial charge < -0.3 is 70.0 Å². The quantitative estimate of drug-likeness (QED) is 0.145. The van der Waals surface area contributed by atoms with E-state index < -0.39 is 105 Å². The first-order valence-corrected chi connectivity index (χ1v) is 11.7. The summed E-state index contributed by atoms with van der Waals surface area (Å²) in [5.74, 6) is -1.55. The zero-order chi connectivity index (χ0) is 26.0. The summed E-state index contributed by atoms with van der Waals surface area (Å²) in [6, 6.07) is 0. The molecule has 1 heterocycles. The van der Waals surface area contributed by atoms with Crippen molar-refractivity contribution in [1.29, 1.82) is 0 Å². The predicted octanol–water partition coefficient (Wildman–Crippen LogP) is -5.59. The minimum atomic E-state index is -1.62. The van der Waals surface area contributed by atoms with Crippen LogP contribution in [0.2, 0.25) is 0 Å². The van der Waals surface area contributed by atoms with E-state index in [1.165, 1.54) is 7.11 Å². The van der Waals surface area contributed by atoms with E-state index in [-0.39, 0.29) is 19.4 Å². The van der Waals surface area contributed by atoms with Gasteiger partial charge in [-0.2, -0.15) is 0 Å². The van der Waals surface area contributed by atoms with Gasteiger partial charge in [0.25, 0.3) is 0 Å². The molecule has 3 rings (SSSR count). The Hall–Kier alpha value is -0.560. The van der Waals surface area contributed by atoms with Crippen molar-refractivity contribution < 1.29 is 70.0 Å². The molecule has 14 nitrogen and oxygen atoms in total. The van der Waals surface area contributed by atoms with Crippen LogP contribution in [0.15, 0.2) is 0 Å². The molecule has 206 valence electrons. The molecule has 0 spiro atoms. The summed E-state index contributed by atoms with van der Waals surface area (Å²) in [7, 11) is 1.24. The predicted molar refractivity (Wildman–Crippen MR) is 113 cm³/mol. The number of ether oxygens (including phenoxy) is 4. The Kier molecular flexibility index (Phi) is 10.2. The molecule has 15 atom stereocenters. The Balaban J connectivity index is 1.69. The van der Waals surface area contributed by atoms with Gasteiger partial charge in [-0.15, -0.1) is 0 Å². The first kappa shape index (κ1) is 29.0. The van der Waals surface area contributed by atoms with E-state index in [0.717, 1.165) is 0 Å². The highest BCUT2D eigenvalue weighted by Gasteiger charge is 2.51.